The van der Waals surface area contributed by atoms with E-state index in [1.165, 1.54) is 51.4 Å². The monoisotopic (exact) mass is 376 g/mol. The Morgan fingerprint density at radius 3 is 1.15 bits per heavy atom. The van der Waals surface area contributed by atoms with Crippen LogP contribution in [0.4, 0.5) is 0 Å². The van der Waals surface area contributed by atoms with Gasteiger partial charge in [0.2, 0.25) is 0 Å². The van der Waals surface area contributed by atoms with Crippen LogP contribution in [0, 0.1) is 33.7 Å². The molecule has 4 heteroatoms. The van der Waals surface area contributed by atoms with Crippen LogP contribution in [-0.4, -0.2) is 16.1 Å². The van der Waals surface area contributed by atoms with Gasteiger partial charge in [-0.3, -0.25) is 0 Å². The molecule has 2 unspecified atom stereocenters. The summed E-state index contributed by atoms with van der Waals surface area (Å²) in [6.07, 6.45) is 11.9. The van der Waals surface area contributed by atoms with Crippen molar-refractivity contribution >= 4 is 16.1 Å². The van der Waals surface area contributed by atoms with Gasteiger partial charge in [-0.1, -0.05) is 94.0 Å². The maximum absolute atomic E-state index is 2.70. The van der Waals surface area contributed by atoms with Crippen LogP contribution in [-0.2, 0) is 0 Å². The molecule has 0 nitrogen and oxygen atoms in total. The van der Waals surface area contributed by atoms with Crippen LogP contribution in [0.15, 0.2) is 0 Å². The fraction of sp³-hybridized carbons (Fsp3) is 0.909. The second kappa shape index (κ2) is 8.40. The van der Waals surface area contributed by atoms with Crippen LogP contribution >= 0.6 is 0 Å². The van der Waals surface area contributed by atoms with Gasteiger partial charge in [-0.15, -0.1) is 0 Å². The van der Waals surface area contributed by atoms with E-state index >= 15 is 0 Å². The molecule has 0 saturated heterocycles. The zero-order chi connectivity index (χ0) is 18.0. The molecule has 140 valence electrons. The van der Waals surface area contributed by atoms with Gasteiger partial charge in [-0.25, -0.2) is 0 Å². The molecule has 0 aromatic rings. The van der Waals surface area contributed by atoms with Gasteiger partial charge in [-0.2, -0.15) is 25.7 Å². The van der Waals surface area contributed by atoms with Crippen molar-refractivity contribution in [3.8, 4) is 0 Å². The summed E-state index contributed by atoms with van der Waals surface area (Å²) in [6.45, 7) is 20.8. The molecule has 3 saturated carbocycles. The van der Waals surface area contributed by atoms with Gasteiger partial charge in [0.1, 0.15) is 0 Å². The van der Waals surface area contributed by atoms with Crippen LogP contribution in [0.2, 0.25) is 39.3 Å². The van der Waals surface area contributed by atoms with Crippen molar-refractivity contribution in [2.45, 2.75) is 104 Å². The summed E-state index contributed by atoms with van der Waals surface area (Å²) < 4.78 is 0. The quantitative estimate of drug-likeness (QED) is 0.513. The molecule has 0 amide bonds. The van der Waals surface area contributed by atoms with Crippen molar-refractivity contribution in [3.05, 3.63) is 11.1 Å². The van der Waals surface area contributed by atoms with E-state index < -0.39 is 16.1 Å². The Morgan fingerprint density at radius 1 is 0.654 bits per heavy atom. The first kappa shape index (κ1) is 25.7. The zero-order valence-corrected chi connectivity index (χ0v) is 21.8. The molecule has 3 fully saturated rings. The van der Waals surface area contributed by atoms with E-state index in [4.69, 9.17) is 0 Å². The van der Waals surface area contributed by atoms with E-state index in [1.807, 2.05) is 11.1 Å². The van der Waals surface area contributed by atoms with E-state index in [9.17, 15) is 0 Å². The first-order chi connectivity index (χ1) is 10.9. The second-order valence-corrected chi connectivity index (χ2v) is 22.3. The van der Waals surface area contributed by atoms with Gasteiger partial charge in [0.25, 0.3) is 0 Å². The zero-order valence-electron chi connectivity index (χ0n) is 19.8. The van der Waals surface area contributed by atoms with E-state index in [0.29, 0.717) is 10.8 Å². The number of hydrogen-bond donors (Lipinski definition) is 0. The Kier molecular flexibility index (Phi) is 8.29. The van der Waals surface area contributed by atoms with E-state index in [1.54, 1.807) is 0 Å². The maximum Gasteiger partial charge on any atom is 1.00 e. The molecule has 0 radical (unpaired) electrons. The van der Waals surface area contributed by atoms with Crippen molar-refractivity contribution in [2.24, 2.45) is 22.7 Å². The molecule has 3 rings (SSSR count). The summed E-state index contributed by atoms with van der Waals surface area (Å²) >= 11 is 0. The largest absolute Gasteiger partial charge is 1.00 e. The van der Waals surface area contributed by atoms with E-state index in [-0.39, 0.29) is 37.7 Å². The van der Waals surface area contributed by atoms with Crippen molar-refractivity contribution in [1.29, 1.82) is 0 Å². The third kappa shape index (κ3) is 4.37. The molecule has 0 aromatic carbocycles. The third-order valence-electron chi connectivity index (χ3n) is 8.97. The van der Waals surface area contributed by atoms with Crippen molar-refractivity contribution in [1.82, 2.24) is 0 Å². The van der Waals surface area contributed by atoms with Crippen LogP contribution < -0.4 is 37.7 Å². The van der Waals surface area contributed by atoms with Crippen LogP contribution in [0.25, 0.3) is 0 Å². The van der Waals surface area contributed by atoms with Gasteiger partial charge >= 0.3 is 37.7 Å². The Labute approximate surface area is 191 Å². The van der Waals surface area contributed by atoms with Gasteiger partial charge in [0.05, 0.1) is 0 Å². The molecular weight excluding hydrogens is 334 g/mol. The smallest absolute Gasteiger partial charge is 0.313 e. The van der Waals surface area contributed by atoms with Gasteiger partial charge in [0.15, 0.2) is 0 Å². The fourth-order valence-electron chi connectivity index (χ4n) is 6.40. The minimum Gasteiger partial charge on any atom is -0.313 e. The summed E-state index contributed by atoms with van der Waals surface area (Å²) in [5.41, 5.74) is 5.24. The van der Waals surface area contributed by atoms with Crippen LogP contribution in [0.1, 0.15) is 65.2 Å². The van der Waals surface area contributed by atoms with Gasteiger partial charge in [0, 0.05) is 0 Å². The number of rotatable bonds is 4. The Hall–Kier alpha value is 1.63. The standard InChI is InChI=1S/C22H42Si2.2Li/c1-21(17-9-11-19(15-17)23(3,4)5)13-14-22(21,2)18-10-12-20(16-18)24(6,7)8;;/h17-18H,9-16H2,1-8H3;;/q-2;2*+1/t17?,18?,21-,22+;;. The normalized spacial score (nSPS) is 39.2. The van der Waals surface area contributed by atoms with Crippen LogP contribution in [0.3, 0.4) is 0 Å². The first-order valence-corrected chi connectivity index (χ1v) is 17.6. The minimum absolute atomic E-state index is 0. The summed E-state index contributed by atoms with van der Waals surface area (Å²) in [4.78, 5) is 0. The van der Waals surface area contributed by atoms with Crippen molar-refractivity contribution < 1.29 is 37.7 Å². The molecule has 4 atom stereocenters. The maximum atomic E-state index is 2.70. The molecule has 0 aromatic heterocycles. The summed E-state index contributed by atoms with van der Waals surface area (Å²) in [5, 5.41) is 0. The Bertz CT molecular complexity index is 438. The summed E-state index contributed by atoms with van der Waals surface area (Å²) in [5.74, 6) is 1.99. The van der Waals surface area contributed by atoms with Crippen molar-refractivity contribution in [3.63, 3.8) is 0 Å². The molecule has 0 heterocycles. The summed E-state index contributed by atoms with van der Waals surface area (Å²) in [7, 11) is -2.06. The predicted octanol–water partition coefficient (Wildman–Crippen LogP) is 1.30. The molecule has 26 heavy (non-hydrogen) atoms. The molecule has 0 N–H and O–H groups in total. The van der Waals surface area contributed by atoms with Gasteiger partial charge in [-0.05, 0) is 23.7 Å². The molecule has 0 spiro atoms. The third-order valence-corrected chi connectivity index (χ3v) is 14.1. The van der Waals surface area contributed by atoms with Crippen molar-refractivity contribution in [2.75, 3.05) is 0 Å². The molecule has 3 aliphatic carbocycles. The fourth-order valence-corrected chi connectivity index (χ4v) is 9.91. The predicted molar refractivity (Wildman–Crippen MR) is 113 cm³/mol. The number of hydrogen-bond acceptors (Lipinski definition) is 0. The Balaban J connectivity index is 0.00000169. The average Bonchev–Trinajstić information content (AvgIpc) is 3.11. The first-order valence-electron chi connectivity index (χ1n) is 10.6. The second-order valence-electron chi connectivity index (χ2n) is 11.9. The molecular formula is C22H42Li2Si2. The SMILES string of the molecule is C[C@@]1(C2CC[C-]([Si](C)(C)C)C2)CC[C@]1(C)C1CC[C-]([Si](C)(C)C)C1.[Li+].[Li+]. The summed E-state index contributed by atoms with van der Waals surface area (Å²) in [6, 6.07) is 0. The molecule has 0 aliphatic heterocycles. The minimum atomic E-state index is -1.03. The Morgan fingerprint density at radius 2 is 0.962 bits per heavy atom. The molecule has 0 bridgehead atoms. The molecule has 3 aliphatic rings. The average molecular weight is 377 g/mol. The topological polar surface area (TPSA) is 0 Å². The van der Waals surface area contributed by atoms with E-state index in [2.05, 4.69) is 53.1 Å². The van der Waals surface area contributed by atoms with Gasteiger partial charge < -0.3 is 11.1 Å². The van der Waals surface area contributed by atoms with E-state index in [0.717, 1.165) is 11.8 Å². The van der Waals surface area contributed by atoms with Crippen LogP contribution in [0.5, 0.6) is 0 Å².